The molecule has 1 atom stereocenters. The predicted octanol–water partition coefficient (Wildman–Crippen LogP) is 1.35. The average Bonchev–Trinajstić information content (AvgIpc) is 2.97. The van der Waals surface area contributed by atoms with E-state index < -0.39 is 12.0 Å². The van der Waals surface area contributed by atoms with Crippen LogP contribution in [0.15, 0.2) is 0 Å². The topological polar surface area (TPSA) is 83.4 Å². The van der Waals surface area contributed by atoms with Crippen LogP contribution in [0.1, 0.15) is 48.0 Å². The van der Waals surface area contributed by atoms with E-state index in [4.69, 9.17) is 5.11 Å². The molecule has 0 spiro atoms. The molecule has 6 nitrogen and oxygen atoms in total. The van der Waals surface area contributed by atoms with Crippen LogP contribution in [-0.2, 0) is 4.79 Å². The smallest absolute Gasteiger partial charge is 0.326 e. The summed E-state index contributed by atoms with van der Waals surface area (Å²) in [5.74, 6) is -1.09. The summed E-state index contributed by atoms with van der Waals surface area (Å²) in [6.45, 7) is 4.36. The zero-order valence-corrected chi connectivity index (χ0v) is 11.1. The molecule has 0 saturated carbocycles. The predicted molar refractivity (Wildman–Crippen MR) is 65.7 cm³/mol. The largest absolute Gasteiger partial charge is 0.480 e. The van der Waals surface area contributed by atoms with Crippen LogP contribution in [0.3, 0.4) is 0 Å². The summed E-state index contributed by atoms with van der Waals surface area (Å²) in [7, 11) is 0. The van der Waals surface area contributed by atoms with E-state index in [0.29, 0.717) is 23.5 Å². The second kappa shape index (κ2) is 5.01. The Balaban J connectivity index is 2.25. The number of carbonyl (C=O) groups is 2. The van der Waals surface area contributed by atoms with Gasteiger partial charge in [-0.1, -0.05) is 18.3 Å². The Kier molecular flexibility index (Phi) is 3.60. The maximum absolute atomic E-state index is 12.3. The first kappa shape index (κ1) is 12.9. The Morgan fingerprint density at radius 3 is 2.83 bits per heavy atom. The highest BCUT2D eigenvalue weighted by atomic mass is 32.1. The minimum absolute atomic E-state index is 0.105. The molecule has 18 heavy (non-hydrogen) atoms. The lowest BCUT2D eigenvalue weighted by atomic mass is 10.1. The van der Waals surface area contributed by atoms with Gasteiger partial charge in [-0.05, 0) is 30.3 Å². The molecule has 0 bridgehead atoms. The van der Waals surface area contributed by atoms with Crippen molar-refractivity contribution in [3.05, 3.63) is 10.6 Å². The molecule has 1 aliphatic rings. The molecule has 0 aromatic carbocycles. The lowest BCUT2D eigenvalue weighted by molar-refractivity contribution is -0.141. The Labute approximate surface area is 109 Å². The van der Waals surface area contributed by atoms with Gasteiger partial charge in [-0.3, -0.25) is 4.79 Å². The summed E-state index contributed by atoms with van der Waals surface area (Å²) in [5.41, 5.74) is 0.654. The Morgan fingerprint density at radius 2 is 2.22 bits per heavy atom. The number of likely N-dealkylation sites (tertiary alicyclic amines) is 1. The second-order valence-electron chi connectivity index (χ2n) is 4.64. The lowest BCUT2D eigenvalue weighted by Crippen LogP contribution is -2.40. The second-order valence-corrected chi connectivity index (χ2v) is 5.39. The van der Waals surface area contributed by atoms with Gasteiger partial charge in [0.25, 0.3) is 5.91 Å². The highest BCUT2D eigenvalue weighted by Gasteiger charge is 2.36. The van der Waals surface area contributed by atoms with Gasteiger partial charge in [0.15, 0.2) is 0 Å². The van der Waals surface area contributed by atoms with E-state index in [1.165, 1.54) is 4.90 Å². The van der Waals surface area contributed by atoms with Crippen molar-refractivity contribution in [3.8, 4) is 0 Å². The van der Waals surface area contributed by atoms with Crippen LogP contribution >= 0.6 is 11.5 Å². The molecular weight excluding hydrogens is 254 g/mol. The van der Waals surface area contributed by atoms with Crippen molar-refractivity contribution in [3.63, 3.8) is 0 Å². The first-order valence-corrected chi connectivity index (χ1v) is 6.65. The maximum atomic E-state index is 12.3. The van der Waals surface area contributed by atoms with Gasteiger partial charge < -0.3 is 10.0 Å². The first-order valence-electron chi connectivity index (χ1n) is 5.88. The SMILES string of the molecule is CC(C)c1nnsc1C(=O)N1CCC[C@H]1C(=O)O. The van der Waals surface area contributed by atoms with Crippen molar-refractivity contribution in [1.29, 1.82) is 0 Å². The van der Waals surface area contributed by atoms with E-state index in [2.05, 4.69) is 9.59 Å². The number of carbonyl (C=O) groups excluding carboxylic acids is 1. The Hall–Kier alpha value is -1.50. The van der Waals surface area contributed by atoms with Crippen molar-refractivity contribution < 1.29 is 14.7 Å². The van der Waals surface area contributed by atoms with Crippen molar-refractivity contribution in [2.45, 2.75) is 38.6 Å². The number of carboxylic acid groups (broad SMARTS) is 1. The third-order valence-corrected chi connectivity index (χ3v) is 3.78. The number of carboxylic acids is 1. The van der Waals surface area contributed by atoms with Crippen LogP contribution < -0.4 is 0 Å². The summed E-state index contributed by atoms with van der Waals surface area (Å²) in [6.07, 6.45) is 1.25. The van der Waals surface area contributed by atoms with Gasteiger partial charge in [-0.15, -0.1) is 5.10 Å². The highest BCUT2D eigenvalue weighted by Crippen LogP contribution is 2.25. The molecule has 1 fully saturated rings. The number of hydrogen-bond acceptors (Lipinski definition) is 5. The molecule has 7 heteroatoms. The average molecular weight is 269 g/mol. The van der Waals surface area contributed by atoms with Gasteiger partial charge >= 0.3 is 5.97 Å². The van der Waals surface area contributed by atoms with E-state index in [9.17, 15) is 9.59 Å². The van der Waals surface area contributed by atoms with Gasteiger partial charge in [0, 0.05) is 6.54 Å². The van der Waals surface area contributed by atoms with Crippen LogP contribution in [0.4, 0.5) is 0 Å². The molecular formula is C11H15N3O3S. The number of aliphatic carboxylic acids is 1. The van der Waals surface area contributed by atoms with E-state index in [1.54, 1.807) is 0 Å². The van der Waals surface area contributed by atoms with Crippen LogP contribution in [0, 0.1) is 0 Å². The van der Waals surface area contributed by atoms with E-state index in [-0.39, 0.29) is 11.8 Å². The summed E-state index contributed by atoms with van der Waals surface area (Å²) >= 11 is 1.04. The van der Waals surface area contributed by atoms with Gasteiger partial charge in [-0.2, -0.15) is 0 Å². The maximum Gasteiger partial charge on any atom is 0.326 e. The van der Waals surface area contributed by atoms with Crippen molar-refractivity contribution in [2.24, 2.45) is 0 Å². The molecule has 1 amide bonds. The number of hydrogen-bond donors (Lipinski definition) is 1. The summed E-state index contributed by atoms with van der Waals surface area (Å²) < 4.78 is 3.80. The van der Waals surface area contributed by atoms with Gasteiger partial charge in [0.1, 0.15) is 10.9 Å². The standard InChI is InChI=1S/C11H15N3O3S/c1-6(2)8-9(18-13-12-8)10(15)14-5-3-4-7(14)11(16)17/h6-7H,3-5H2,1-2H3,(H,16,17)/t7-/m0/s1. The van der Waals surface area contributed by atoms with Crippen molar-refractivity contribution in [2.75, 3.05) is 6.54 Å². The van der Waals surface area contributed by atoms with Gasteiger partial charge in [0.2, 0.25) is 0 Å². The van der Waals surface area contributed by atoms with Crippen LogP contribution in [0.25, 0.3) is 0 Å². The number of aromatic nitrogens is 2. The van der Waals surface area contributed by atoms with Gasteiger partial charge in [0.05, 0.1) is 5.69 Å². The van der Waals surface area contributed by atoms with E-state index in [1.807, 2.05) is 13.8 Å². The molecule has 1 aliphatic heterocycles. The van der Waals surface area contributed by atoms with Crippen molar-refractivity contribution >= 4 is 23.4 Å². The molecule has 1 aromatic heterocycles. The quantitative estimate of drug-likeness (QED) is 0.895. The van der Waals surface area contributed by atoms with Gasteiger partial charge in [-0.25, -0.2) is 4.79 Å². The first-order chi connectivity index (χ1) is 8.52. The zero-order chi connectivity index (χ0) is 13.3. The fourth-order valence-electron chi connectivity index (χ4n) is 2.12. The third-order valence-electron chi connectivity index (χ3n) is 3.05. The third kappa shape index (κ3) is 2.22. The van der Waals surface area contributed by atoms with Crippen LogP contribution in [0.2, 0.25) is 0 Å². The highest BCUT2D eigenvalue weighted by molar-refractivity contribution is 7.08. The molecule has 2 rings (SSSR count). The molecule has 1 aromatic rings. The summed E-state index contributed by atoms with van der Waals surface area (Å²) in [4.78, 5) is 25.3. The molecule has 98 valence electrons. The molecule has 0 unspecified atom stereocenters. The van der Waals surface area contributed by atoms with E-state index in [0.717, 1.165) is 18.0 Å². The Morgan fingerprint density at radius 1 is 1.50 bits per heavy atom. The molecule has 1 N–H and O–H groups in total. The molecule has 2 heterocycles. The normalized spacial score (nSPS) is 19.5. The lowest BCUT2D eigenvalue weighted by Gasteiger charge is -2.21. The molecule has 0 aliphatic carbocycles. The van der Waals surface area contributed by atoms with Crippen molar-refractivity contribution in [1.82, 2.24) is 14.5 Å². The van der Waals surface area contributed by atoms with E-state index >= 15 is 0 Å². The Bertz CT molecular complexity index is 472. The summed E-state index contributed by atoms with van der Waals surface area (Å²) in [5, 5.41) is 13.0. The number of rotatable bonds is 3. The molecule has 1 saturated heterocycles. The minimum atomic E-state index is -0.940. The summed E-state index contributed by atoms with van der Waals surface area (Å²) in [6, 6.07) is -0.709. The van der Waals surface area contributed by atoms with Crippen LogP contribution in [0.5, 0.6) is 0 Å². The number of amides is 1. The monoisotopic (exact) mass is 269 g/mol. The minimum Gasteiger partial charge on any atom is -0.480 e. The zero-order valence-electron chi connectivity index (χ0n) is 10.3. The fourth-order valence-corrected chi connectivity index (χ4v) is 2.90. The number of nitrogens with zero attached hydrogens (tertiary/aromatic N) is 3. The van der Waals surface area contributed by atoms with Crippen LogP contribution in [-0.4, -0.2) is 44.1 Å². The molecule has 0 radical (unpaired) electrons. The fraction of sp³-hybridized carbons (Fsp3) is 0.636.